The van der Waals surface area contributed by atoms with Crippen molar-refractivity contribution < 1.29 is 4.21 Å². The van der Waals surface area contributed by atoms with Crippen LogP contribution < -0.4 is 5.32 Å². The van der Waals surface area contributed by atoms with E-state index >= 15 is 0 Å². The Labute approximate surface area is 101 Å². The van der Waals surface area contributed by atoms with Gasteiger partial charge in [-0.2, -0.15) is 0 Å². The normalized spacial score (nSPS) is 14.7. The third-order valence-electron chi connectivity index (χ3n) is 2.54. The van der Waals surface area contributed by atoms with Gasteiger partial charge in [0.25, 0.3) is 0 Å². The first-order valence-corrected chi connectivity index (χ1v) is 7.13. The van der Waals surface area contributed by atoms with Crippen molar-refractivity contribution in [3.8, 4) is 0 Å². The van der Waals surface area contributed by atoms with Crippen LogP contribution in [0.3, 0.4) is 0 Å². The number of hydrogen-bond acceptors (Lipinski definition) is 2. The molecule has 0 aromatic heterocycles. The van der Waals surface area contributed by atoms with E-state index in [9.17, 15) is 4.21 Å². The molecule has 0 heterocycles. The third-order valence-corrected chi connectivity index (χ3v) is 3.93. The minimum Gasteiger partial charge on any atom is -0.315 e. The molecule has 1 N–H and O–H groups in total. The molecule has 0 aliphatic heterocycles. The lowest BCUT2D eigenvalue weighted by molar-refractivity contribution is 0.553. The van der Waals surface area contributed by atoms with Crippen LogP contribution in [0.5, 0.6) is 0 Å². The standard InChI is InChI=1S/C13H21NOS/c1-4-14-12(3)8-9-16(15)13-7-5-6-11(2)10-13/h5-7,10,12,14H,4,8-9H2,1-3H3. The Morgan fingerprint density at radius 3 is 2.81 bits per heavy atom. The van der Waals surface area contributed by atoms with Gasteiger partial charge in [0.1, 0.15) is 0 Å². The molecule has 16 heavy (non-hydrogen) atoms. The van der Waals surface area contributed by atoms with E-state index in [1.54, 1.807) is 0 Å². The largest absolute Gasteiger partial charge is 0.315 e. The summed E-state index contributed by atoms with van der Waals surface area (Å²) >= 11 is 0. The van der Waals surface area contributed by atoms with Crippen LogP contribution in [0.1, 0.15) is 25.8 Å². The van der Waals surface area contributed by atoms with Gasteiger partial charge in [-0.1, -0.05) is 19.1 Å². The van der Waals surface area contributed by atoms with E-state index in [4.69, 9.17) is 0 Å². The van der Waals surface area contributed by atoms with Crippen molar-refractivity contribution in [3.05, 3.63) is 29.8 Å². The van der Waals surface area contributed by atoms with E-state index in [0.717, 1.165) is 23.6 Å². The smallest absolute Gasteiger partial charge is 0.0530 e. The Balaban J connectivity index is 2.47. The minimum atomic E-state index is -0.858. The fraction of sp³-hybridized carbons (Fsp3) is 0.538. The SMILES string of the molecule is CCNC(C)CCS(=O)c1cccc(C)c1. The summed E-state index contributed by atoms with van der Waals surface area (Å²) in [5, 5.41) is 3.33. The van der Waals surface area contributed by atoms with Crippen LogP contribution in [0.4, 0.5) is 0 Å². The monoisotopic (exact) mass is 239 g/mol. The molecule has 0 bridgehead atoms. The van der Waals surface area contributed by atoms with Crippen molar-refractivity contribution in [1.29, 1.82) is 0 Å². The summed E-state index contributed by atoms with van der Waals surface area (Å²) in [7, 11) is -0.858. The molecule has 2 nitrogen and oxygen atoms in total. The van der Waals surface area contributed by atoms with Gasteiger partial charge in [-0.15, -0.1) is 0 Å². The first kappa shape index (κ1) is 13.4. The van der Waals surface area contributed by atoms with Crippen LogP contribution in [-0.2, 0) is 10.8 Å². The van der Waals surface area contributed by atoms with Crippen LogP contribution in [0, 0.1) is 6.92 Å². The van der Waals surface area contributed by atoms with E-state index in [-0.39, 0.29) is 0 Å². The van der Waals surface area contributed by atoms with E-state index in [1.807, 2.05) is 31.2 Å². The second-order valence-electron chi connectivity index (χ2n) is 4.11. The molecule has 2 unspecified atom stereocenters. The van der Waals surface area contributed by atoms with Gasteiger partial charge in [-0.25, -0.2) is 0 Å². The molecule has 0 saturated carbocycles. The van der Waals surface area contributed by atoms with Crippen molar-refractivity contribution in [1.82, 2.24) is 5.32 Å². The van der Waals surface area contributed by atoms with Crippen LogP contribution in [0.15, 0.2) is 29.2 Å². The fourth-order valence-electron chi connectivity index (χ4n) is 1.61. The highest BCUT2D eigenvalue weighted by atomic mass is 32.2. The van der Waals surface area contributed by atoms with Crippen LogP contribution in [0.25, 0.3) is 0 Å². The number of nitrogens with one attached hydrogen (secondary N) is 1. The van der Waals surface area contributed by atoms with Gasteiger partial charge in [0.05, 0.1) is 10.8 Å². The predicted octanol–water partition coefficient (Wildman–Crippen LogP) is 2.49. The Morgan fingerprint density at radius 1 is 1.44 bits per heavy atom. The highest BCUT2D eigenvalue weighted by molar-refractivity contribution is 7.85. The Morgan fingerprint density at radius 2 is 2.19 bits per heavy atom. The van der Waals surface area contributed by atoms with Gasteiger partial charge < -0.3 is 5.32 Å². The summed E-state index contributed by atoms with van der Waals surface area (Å²) in [4.78, 5) is 0.948. The van der Waals surface area contributed by atoms with Crippen molar-refractivity contribution in [2.24, 2.45) is 0 Å². The molecule has 2 atom stereocenters. The summed E-state index contributed by atoms with van der Waals surface area (Å²) in [6, 6.07) is 8.39. The topological polar surface area (TPSA) is 29.1 Å². The fourth-order valence-corrected chi connectivity index (χ4v) is 2.96. The molecular formula is C13H21NOS. The van der Waals surface area contributed by atoms with Gasteiger partial charge in [0.15, 0.2) is 0 Å². The van der Waals surface area contributed by atoms with Crippen molar-refractivity contribution in [2.45, 2.75) is 38.1 Å². The summed E-state index contributed by atoms with van der Waals surface area (Å²) in [6.07, 6.45) is 0.953. The van der Waals surface area contributed by atoms with Crippen LogP contribution >= 0.6 is 0 Å². The van der Waals surface area contributed by atoms with E-state index < -0.39 is 10.8 Å². The molecule has 90 valence electrons. The average molecular weight is 239 g/mol. The maximum atomic E-state index is 12.0. The highest BCUT2D eigenvalue weighted by Gasteiger charge is 2.06. The lowest BCUT2D eigenvalue weighted by Crippen LogP contribution is -2.27. The van der Waals surface area contributed by atoms with E-state index in [1.165, 1.54) is 5.56 Å². The van der Waals surface area contributed by atoms with Crippen molar-refractivity contribution in [3.63, 3.8) is 0 Å². The molecule has 1 rings (SSSR count). The highest BCUT2D eigenvalue weighted by Crippen LogP contribution is 2.10. The third kappa shape index (κ3) is 4.45. The molecule has 0 aliphatic rings. The predicted molar refractivity (Wildman–Crippen MR) is 70.2 cm³/mol. The average Bonchev–Trinajstić information content (AvgIpc) is 2.26. The molecular weight excluding hydrogens is 218 g/mol. The summed E-state index contributed by atoms with van der Waals surface area (Å²) in [6.45, 7) is 7.23. The molecule has 1 aromatic rings. The van der Waals surface area contributed by atoms with Crippen LogP contribution in [0.2, 0.25) is 0 Å². The summed E-state index contributed by atoms with van der Waals surface area (Å²) in [5.41, 5.74) is 1.17. The molecule has 0 saturated heterocycles. The second-order valence-corrected chi connectivity index (χ2v) is 5.68. The molecule has 0 spiro atoms. The number of hydrogen-bond donors (Lipinski definition) is 1. The number of aryl methyl sites for hydroxylation is 1. The summed E-state index contributed by atoms with van der Waals surface area (Å²) in [5.74, 6) is 0.734. The Hall–Kier alpha value is -0.670. The number of benzene rings is 1. The van der Waals surface area contributed by atoms with E-state index in [0.29, 0.717) is 6.04 Å². The lowest BCUT2D eigenvalue weighted by Gasteiger charge is -2.11. The molecule has 0 radical (unpaired) electrons. The molecule has 0 amide bonds. The minimum absolute atomic E-state index is 0.443. The quantitative estimate of drug-likeness (QED) is 0.826. The first-order valence-electron chi connectivity index (χ1n) is 5.82. The van der Waals surface area contributed by atoms with Gasteiger partial charge in [0.2, 0.25) is 0 Å². The van der Waals surface area contributed by atoms with Gasteiger partial charge in [0, 0.05) is 16.7 Å². The van der Waals surface area contributed by atoms with Gasteiger partial charge in [-0.05, 0) is 44.5 Å². The van der Waals surface area contributed by atoms with E-state index in [2.05, 4.69) is 19.2 Å². The van der Waals surface area contributed by atoms with Crippen molar-refractivity contribution >= 4 is 10.8 Å². The second kappa shape index (κ2) is 6.81. The zero-order chi connectivity index (χ0) is 12.0. The Kier molecular flexibility index (Phi) is 5.71. The molecule has 3 heteroatoms. The molecule has 0 fully saturated rings. The van der Waals surface area contributed by atoms with Crippen molar-refractivity contribution in [2.75, 3.05) is 12.3 Å². The molecule has 0 aliphatic carbocycles. The summed E-state index contributed by atoms with van der Waals surface area (Å²) < 4.78 is 12.0. The number of rotatable bonds is 6. The Bertz CT molecular complexity index is 352. The van der Waals surface area contributed by atoms with Crippen LogP contribution in [-0.4, -0.2) is 22.5 Å². The maximum Gasteiger partial charge on any atom is 0.0530 e. The molecule has 1 aromatic carbocycles. The van der Waals surface area contributed by atoms with Gasteiger partial charge in [-0.3, -0.25) is 4.21 Å². The zero-order valence-corrected chi connectivity index (χ0v) is 11.1. The van der Waals surface area contributed by atoms with Gasteiger partial charge >= 0.3 is 0 Å². The first-order chi connectivity index (χ1) is 7.63. The lowest BCUT2D eigenvalue weighted by atomic mass is 10.2. The zero-order valence-electron chi connectivity index (χ0n) is 10.3. The maximum absolute atomic E-state index is 12.0.